The van der Waals surface area contributed by atoms with Crippen LogP contribution in [0.4, 0.5) is 4.39 Å². The summed E-state index contributed by atoms with van der Waals surface area (Å²) in [5, 5.41) is 4.10. The number of rotatable bonds is 5. The van der Waals surface area contributed by atoms with Gasteiger partial charge in [0.15, 0.2) is 5.69 Å². The molecule has 0 bridgehead atoms. The van der Waals surface area contributed by atoms with E-state index in [1.54, 1.807) is 18.5 Å². The summed E-state index contributed by atoms with van der Waals surface area (Å²) in [5.74, 6) is 1.35. The average molecular weight is 420 g/mol. The van der Waals surface area contributed by atoms with Gasteiger partial charge in [0.2, 0.25) is 5.82 Å². The zero-order valence-corrected chi connectivity index (χ0v) is 17.2. The summed E-state index contributed by atoms with van der Waals surface area (Å²) in [6.45, 7) is 4.88. The van der Waals surface area contributed by atoms with Crippen molar-refractivity contribution >= 4 is 0 Å². The molecule has 0 aliphatic carbocycles. The molecule has 4 aromatic rings. The number of halogens is 1. The predicted molar refractivity (Wildman–Crippen MR) is 111 cm³/mol. The molecule has 2 aromatic carbocycles. The normalized spacial score (nSPS) is 15.8. The summed E-state index contributed by atoms with van der Waals surface area (Å²) in [6, 6.07) is 13.9. The molecule has 7 nitrogen and oxygen atoms in total. The van der Waals surface area contributed by atoms with Gasteiger partial charge in [-0.1, -0.05) is 17.3 Å². The van der Waals surface area contributed by atoms with E-state index in [1.165, 1.54) is 12.1 Å². The first-order valence-corrected chi connectivity index (χ1v) is 10.1. The molecule has 1 aliphatic rings. The molecule has 8 heteroatoms. The summed E-state index contributed by atoms with van der Waals surface area (Å²) in [6.07, 6.45) is 1.69. The summed E-state index contributed by atoms with van der Waals surface area (Å²) in [5.41, 5.74) is 3.23. The van der Waals surface area contributed by atoms with Gasteiger partial charge in [-0.25, -0.2) is 9.37 Å². The molecule has 31 heavy (non-hydrogen) atoms. The van der Waals surface area contributed by atoms with E-state index in [0.29, 0.717) is 30.6 Å². The van der Waals surface area contributed by atoms with Crippen LogP contribution in [0.25, 0.3) is 23.0 Å². The van der Waals surface area contributed by atoms with Gasteiger partial charge in [-0.05, 0) is 55.8 Å². The van der Waals surface area contributed by atoms with E-state index >= 15 is 0 Å². The molecule has 0 saturated carbocycles. The molecule has 0 spiro atoms. The van der Waals surface area contributed by atoms with Crippen molar-refractivity contribution in [1.82, 2.24) is 19.7 Å². The highest BCUT2D eigenvalue weighted by atomic mass is 19.1. The average Bonchev–Trinajstić information content (AvgIpc) is 3.41. The molecule has 158 valence electrons. The van der Waals surface area contributed by atoms with Crippen LogP contribution in [0.1, 0.15) is 31.2 Å². The first kappa shape index (κ1) is 19.4. The van der Waals surface area contributed by atoms with Crippen molar-refractivity contribution in [3.05, 3.63) is 71.9 Å². The van der Waals surface area contributed by atoms with E-state index in [2.05, 4.69) is 15.1 Å². The van der Waals surface area contributed by atoms with Crippen molar-refractivity contribution < 1.29 is 18.4 Å². The number of imidazole rings is 1. The topological polar surface area (TPSA) is 75.2 Å². The smallest absolute Gasteiger partial charge is 0.278 e. The van der Waals surface area contributed by atoms with Crippen molar-refractivity contribution in [3.63, 3.8) is 0 Å². The predicted octanol–water partition coefficient (Wildman–Crippen LogP) is 4.80. The third-order valence-corrected chi connectivity index (χ3v) is 5.08. The molecule has 0 unspecified atom stereocenters. The Bertz CT molecular complexity index is 1180. The Morgan fingerprint density at radius 2 is 1.87 bits per heavy atom. The zero-order valence-electron chi connectivity index (χ0n) is 17.2. The number of hydrogen-bond donors (Lipinski definition) is 0. The van der Waals surface area contributed by atoms with E-state index in [1.807, 2.05) is 42.7 Å². The van der Waals surface area contributed by atoms with Crippen molar-refractivity contribution in [3.8, 4) is 28.7 Å². The Morgan fingerprint density at radius 3 is 2.61 bits per heavy atom. The number of ether oxygens (including phenoxy) is 2. The van der Waals surface area contributed by atoms with Gasteiger partial charge in [0.05, 0.1) is 31.3 Å². The summed E-state index contributed by atoms with van der Waals surface area (Å²) < 4.78 is 32.4. The van der Waals surface area contributed by atoms with Crippen LogP contribution < -0.4 is 4.74 Å². The van der Waals surface area contributed by atoms with Crippen molar-refractivity contribution in [1.29, 1.82) is 0 Å². The maximum Gasteiger partial charge on any atom is 0.278 e. The van der Waals surface area contributed by atoms with Crippen LogP contribution >= 0.6 is 0 Å². The largest absolute Gasteiger partial charge is 0.491 e. The Hall–Kier alpha value is -3.52. The Labute approximate surface area is 178 Å². The summed E-state index contributed by atoms with van der Waals surface area (Å²) >= 11 is 0. The molecule has 0 radical (unpaired) electrons. The fourth-order valence-electron chi connectivity index (χ4n) is 3.58. The quantitative estimate of drug-likeness (QED) is 0.462. The Kier molecular flexibility index (Phi) is 4.99. The molecule has 0 fully saturated rings. The number of hydrogen-bond acceptors (Lipinski definition) is 6. The fourth-order valence-corrected chi connectivity index (χ4v) is 3.58. The monoisotopic (exact) mass is 420 g/mol. The lowest BCUT2D eigenvalue weighted by Gasteiger charge is -2.25. The van der Waals surface area contributed by atoms with E-state index in [-0.39, 0.29) is 18.0 Å². The van der Waals surface area contributed by atoms with Crippen LogP contribution in [0.3, 0.4) is 0 Å². The Morgan fingerprint density at radius 1 is 1.10 bits per heavy atom. The second-order valence-electron chi connectivity index (χ2n) is 7.66. The zero-order chi connectivity index (χ0) is 21.4. The van der Waals surface area contributed by atoms with Gasteiger partial charge in [-0.3, -0.25) is 0 Å². The lowest BCUT2D eigenvalue weighted by atomic mass is 10.1. The maximum absolute atomic E-state index is 13.2. The standard InChI is InChI=1S/C23H21FN4O3/c1-14(2)30-18-9-5-16(6-10-18)22-26-23(31-27-22)21-19-12-29-20(11-28(19)13-25-21)15-3-7-17(24)8-4-15/h3-10,13-14,20H,11-12H2,1-2H3/t20-/m1/s1. The minimum absolute atomic E-state index is 0.111. The van der Waals surface area contributed by atoms with E-state index in [9.17, 15) is 4.39 Å². The first-order valence-electron chi connectivity index (χ1n) is 10.1. The maximum atomic E-state index is 13.2. The first-order chi connectivity index (χ1) is 15.1. The summed E-state index contributed by atoms with van der Waals surface area (Å²) in [7, 11) is 0. The number of nitrogens with zero attached hydrogens (tertiary/aromatic N) is 4. The highest BCUT2D eigenvalue weighted by molar-refractivity contribution is 5.59. The van der Waals surface area contributed by atoms with Crippen molar-refractivity contribution in [2.24, 2.45) is 0 Å². The third-order valence-electron chi connectivity index (χ3n) is 5.08. The van der Waals surface area contributed by atoms with Gasteiger partial charge in [0.25, 0.3) is 5.89 Å². The van der Waals surface area contributed by atoms with E-state index in [0.717, 1.165) is 22.6 Å². The molecule has 1 aliphatic heterocycles. The SMILES string of the molecule is CC(C)Oc1ccc(-c2noc(-c3ncn4c3CO[C@@H](c3ccc(F)cc3)C4)n2)cc1. The lowest BCUT2D eigenvalue weighted by Crippen LogP contribution is -2.20. The molecule has 0 N–H and O–H groups in total. The van der Waals surface area contributed by atoms with Crippen LogP contribution in [0.15, 0.2) is 59.4 Å². The number of benzene rings is 2. The van der Waals surface area contributed by atoms with E-state index < -0.39 is 0 Å². The van der Waals surface area contributed by atoms with Gasteiger partial charge in [0.1, 0.15) is 17.7 Å². The molecule has 5 rings (SSSR count). The number of aromatic nitrogens is 4. The van der Waals surface area contributed by atoms with Gasteiger partial charge >= 0.3 is 0 Å². The molecule has 0 saturated heterocycles. The van der Waals surface area contributed by atoms with Gasteiger partial charge in [-0.15, -0.1) is 0 Å². The highest BCUT2D eigenvalue weighted by Crippen LogP contribution is 2.32. The second-order valence-corrected chi connectivity index (χ2v) is 7.66. The van der Waals surface area contributed by atoms with Gasteiger partial charge in [0, 0.05) is 5.56 Å². The molecular formula is C23H21FN4O3. The highest BCUT2D eigenvalue weighted by Gasteiger charge is 2.26. The number of fused-ring (bicyclic) bond motifs is 1. The minimum Gasteiger partial charge on any atom is -0.491 e. The molecule has 1 atom stereocenters. The molecule has 0 amide bonds. The molecule has 3 heterocycles. The molecule has 2 aromatic heterocycles. The van der Waals surface area contributed by atoms with Crippen molar-refractivity contribution in [2.75, 3.05) is 0 Å². The van der Waals surface area contributed by atoms with Gasteiger partial charge in [-0.2, -0.15) is 4.98 Å². The van der Waals surface area contributed by atoms with Crippen LogP contribution in [0.5, 0.6) is 5.75 Å². The van der Waals surface area contributed by atoms with Crippen LogP contribution in [0.2, 0.25) is 0 Å². The van der Waals surface area contributed by atoms with Crippen molar-refractivity contribution in [2.45, 2.75) is 39.2 Å². The minimum atomic E-state index is -0.264. The van der Waals surface area contributed by atoms with Crippen LogP contribution in [-0.2, 0) is 17.9 Å². The third kappa shape index (κ3) is 3.94. The molecular weight excluding hydrogens is 399 g/mol. The van der Waals surface area contributed by atoms with Crippen LogP contribution in [0, 0.1) is 5.82 Å². The van der Waals surface area contributed by atoms with E-state index in [4.69, 9.17) is 14.0 Å². The fraction of sp³-hybridized carbons (Fsp3) is 0.261. The van der Waals surface area contributed by atoms with Crippen LogP contribution in [-0.4, -0.2) is 25.8 Å². The lowest BCUT2D eigenvalue weighted by molar-refractivity contribution is 0.00326. The van der Waals surface area contributed by atoms with Gasteiger partial charge < -0.3 is 18.6 Å². The Balaban J connectivity index is 1.35. The second kappa shape index (κ2) is 7.96. The summed E-state index contributed by atoms with van der Waals surface area (Å²) in [4.78, 5) is 8.99.